The van der Waals surface area contributed by atoms with Crippen LogP contribution in [-0.2, 0) is 19.4 Å². The van der Waals surface area contributed by atoms with E-state index in [-0.39, 0.29) is 5.91 Å². The molecule has 0 unspecified atom stereocenters. The second-order valence-corrected chi connectivity index (χ2v) is 7.99. The molecule has 0 spiro atoms. The Bertz CT molecular complexity index is 563. The molecule has 1 aromatic rings. The lowest BCUT2D eigenvalue weighted by Crippen LogP contribution is -2.39. The fourth-order valence-electron chi connectivity index (χ4n) is 3.59. The van der Waals surface area contributed by atoms with E-state index in [9.17, 15) is 4.79 Å². The van der Waals surface area contributed by atoms with Gasteiger partial charge in [0.15, 0.2) is 5.69 Å². The van der Waals surface area contributed by atoms with Crippen molar-refractivity contribution in [3.63, 3.8) is 0 Å². The highest BCUT2D eigenvalue weighted by Gasteiger charge is 2.32. The zero-order chi connectivity index (χ0) is 16.4. The largest absolute Gasteiger partial charge is 0.336 e. The third-order valence-electron chi connectivity index (χ3n) is 4.99. The summed E-state index contributed by atoms with van der Waals surface area (Å²) in [5, 5.41) is 4.75. The van der Waals surface area contributed by atoms with Crippen molar-refractivity contribution in [3.8, 4) is 0 Å². The highest BCUT2D eigenvalue weighted by atomic mass is 32.2. The molecule has 1 aliphatic carbocycles. The first-order valence-electron chi connectivity index (χ1n) is 8.73. The Kier molecular flexibility index (Phi) is 5.31. The van der Waals surface area contributed by atoms with Crippen LogP contribution < -0.4 is 0 Å². The third kappa shape index (κ3) is 3.43. The molecule has 1 fully saturated rings. The number of carbonyl (C=O) groups is 1. The molecule has 1 atom stereocenters. The Morgan fingerprint density at radius 1 is 1.35 bits per heavy atom. The van der Waals surface area contributed by atoms with Gasteiger partial charge in [0.05, 0.1) is 0 Å². The maximum atomic E-state index is 13.0. The van der Waals surface area contributed by atoms with E-state index in [0.717, 1.165) is 62.5 Å². The van der Waals surface area contributed by atoms with Crippen molar-refractivity contribution in [1.29, 1.82) is 0 Å². The summed E-state index contributed by atoms with van der Waals surface area (Å²) in [4.78, 5) is 17.3. The fourth-order valence-corrected chi connectivity index (χ4v) is 4.50. The van der Waals surface area contributed by atoms with Crippen molar-refractivity contribution >= 4 is 17.7 Å². The average molecular weight is 337 g/mol. The topological polar surface area (TPSA) is 41.4 Å². The molecule has 6 heteroatoms. The first-order chi connectivity index (χ1) is 11.1. The number of amides is 1. The van der Waals surface area contributed by atoms with Gasteiger partial charge in [-0.1, -0.05) is 6.92 Å². The van der Waals surface area contributed by atoms with Crippen molar-refractivity contribution in [3.05, 3.63) is 17.0 Å². The third-order valence-corrected chi connectivity index (χ3v) is 5.93. The van der Waals surface area contributed by atoms with Gasteiger partial charge in [-0.25, -0.2) is 0 Å². The first-order valence-corrected chi connectivity index (χ1v) is 9.89. The molecule has 2 heterocycles. The lowest BCUT2D eigenvalue weighted by Gasteiger charge is -2.30. The quantitative estimate of drug-likeness (QED) is 0.842. The minimum absolute atomic E-state index is 0.149. The van der Waals surface area contributed by atoms with Gasteiger partial charge in [0.25, 0.3) is 5.91 Å². The normalized spacial score (nSPS) is 21.6. The molecule has 0 bridgehead atoms. The molecule has 23 heavy (non-hydrogen) atoms. The van der Waals surface area contributed by atoms with E-state index in [1.807, 2.05) is 16.7 Å². The number of thioether (sulfide) groups is 1. The predicted molar refractivity (Wildman–Crippen MR) is 95.2 cm³/mol. The maximum Gasteiger partial charge on any atom is 0.274 e. The van der Waals surface area contributed by atoms with Gasteiger partial charge < -0.3 is 9.80 Å². The van der Waals surface area contributed by atoms with Crippen molar-refractivity contribution in [2.24, 2.45) is 0 Å². The average Bonchev–Trinajstić information content (AvgIpc) is 2.93. The molecular formula is C17H28N4OS. The number of aromatic nitrogens is 2. The minimum atomic E-state index is 0.149. The highest BCUT2D eigenvalue weighted by Crippen LogP contribution is 2.28. The number of carbonyl (C=O) groups excluding carboxylic acids is 1. The Morgan fingerprint density at radius 3 is 2.74 bits per heavy atom. The van der Waals surface area contributed by atoms with Crippen molar-refractivity contribution < 1.29 is 4.79 Å². The van der Waals surface area contributed by atoms with E-state index in [2.05, 4.69) is 30.6 Å². The Morgan fingerprint density at radius 2 is 2.09 bits per heavy atom. The van der Waals surface area contributed by atoms with Gasteiger partial charge in [-0.3, -0.25) is 9.48 Å². The number of likely N-dealkylation sites (N-methyl/N-ethyl adjacent to an activating group) is 1. The van der Waals surface area contributed by atoms with Crippen molar-refractivity contribution in [2.45, 2.75) is 45.2 Å². The van der Waals surface area contributed by atoms with Gasteiger partial charge in [0.2, 0.25) is 0 Å². The van der Waals surface area contributed by atoms with Crippen LogP contribution >= 0.6 is 11.8 Å². The summed E-state index contributed by atoms with van der Waals surface area (Å²) in [6.07, 6.45) is 4.20. The molecule has 1 aliphatic heterocycles. The van der Waals surface area contributed by atoms with Crippen LogP contribution in [0.2, 0.25) is 0 Å². The molecule has 1 saturated heterocycles. The van der Waals surface area contributed by atoms with Crippen LogP contribution in [0.3, 0.4) is 0 Å². The lowest BCUT2D eigenvalue weighted by atomic mass is 9.90. The molecule has 0 aromatic carbocycles. The van der Waals surface area contributed by atoms with Crippen LogP contribution in [0.4, 0.5) is 0 Å². The zero-order valence-corrected chi connectivity index (χ0v) is 15.4. The molecule has 1 aromatic heterocycles. The molecule has 1 amide bonds. The summed E-state index contributed by atoms with van der Waals surface area (Å²) in [6, 6.07) is 0.519. The van der Waals surface area contributed by atoms with Gasteiger partial charge in [-0.2, -0.15) is 16.9 Å². The molecule has 3 rings (SSSR count). The summed E-state index contributed by atoms with van der Waals surface area (Å²) >= 11 is 1.93. The second kappa shape index (κ2) is 7.26. The van der Waals surface area contributed by atoms with Crippen molar-refractivity contribution in [2.75, 3.05) is 38.7 Å². The van der Waals surface area contributed by atoms with Gasteiger partial charge >= 0.3 is 0 Å². The van der Waals surface area contributed by atoms with E-state index in [0.29, 0.717) is 6.04 Å². The SMILES string of the molecule is CCCn1nc(C(=O)N2CCSCC2)c2c1CC[C@@H](N(C)C)C2. The van der Waals surface area contributed by atoms with Gasteiger partial charge in [-0.05, 0) is 39.8 Å². The van der Waals surface area contributed by atoms with Gasteiger partial charge in [0.1, 0.15) is 0 Å². The summed E-state index contributed by atoms with van der Waals surface area (Å²) in [5.41, 5.74) is 3.25. The Labute approximate surface area is 143 Å². The van der Waals surface area contributed by atoms with E-state index in [1.165, 1.54) is 11.3 Å². The summed E-state index contributed by atoms with van der Waals surface area (Å²) in [5.74, 6) is 2.24. The summed E-state index contributed by atoms with van der Waals surface area (Å²) in [7, 11) is 4.27. The molecule has 128 valence electrons. The zero-order valence-electron chi connectivity index (χ0n) is 14.5. The number of nitrogens with zero attached hydrogens (tertiary/aromatic N) is 4. The molecular weight excluding hydrogens is 308 g/mol. The van der Waals surface area contributed by atoms with Crippen LogP contribution in [0.15, 0.2) is 0 Å². The standard InChI is InChI=1S/C17H28N4OS/c1-4-7-21-15-6-5-13(19(2)3)12-14(15)16(18-21)17(22)20-8-10-23-11-9-20/h13H,4-12H2,1-3H3/t13-/m1/s1. The van der Waals surface area contributed by atoms with Gasteiger partial charge in [-0.15, -0.1) is 0 Å². The number of aryl methyl sites for hydroxylation is 1. The molecule has 2 aliphatic rings. The molecule has 0 radical (unpaired) electrons. The van der Waals surface area contributed by atoms with Crippen LogP contribution in [0.25, 0.3) is 0 Å². The van der Waals surface area contributed by atoms with Crippen LogP contribution in [0.5, 0.6) is 0 Å². The highest BCUT2D eigenvalue weighted by molar-refractivity contribution is 7.99. The Hall–Kier alpha value is -1.01. The second-order valence-electron chi connectivity index (χ2n) is 6.76. The number of fused-ring (bicyclic) bond motifs is 1. The smallest absolute Gasteiger partial charge is 0.274 e. The monoisotopic (exact) mass is 336 g/mol. The molecule has 0 saturated carbocycles. The van der Waals surface area contributed by atoms with E-state index < -0.39 is 0 Å². The number of rotatable bonds is 4. The number of hydrogen-bond acceptors (Lipinski definition) is 4. The van der Waals surface area contributed by atoms with E-state index in [4.69, 9.17) is 5.10 Å². The maximum absolute atomic E-state index is 13.0. The van der Waals surface area contributed by atoms with Gasteiger partial charge in [0, 0.05) is 48.4 Å². The fraction of sp³-hybridized carbons (Fsp3) is 0.765. The van der Waals surface area contributed by atoms with E-state index in [1.54, 1.807) is 0 Å². The minimum Gasteiger partial charge on any atom is -0.336 e. The predicted octanol–water partition coefficient (Wildman–Crippen LogP) is 1.90. The molecule has 5 nitrogen and oxygen atoms in total. The molecule has 0 N–H and O–H groups in total. The van der Waals surface area contributed by atoms with Crippen LogP contribution in [-0.4, -0.2) is 70.2 Å². The lowest BCUT2D eigenvalue weighted by molar-refractivity contribution is 0.0764. The summed E-state index contributed by atoms with van der Waals surface area (Å²) in [6.45, 7) is 4.80. The summed E-state index contributed by atoms with van der Waals surface area (Å²) < 4.78 is 2.10. The van der Waals surface area contributed by atoms with E-state index >= 15 is 0 Å². The first kappa shape index (κ1) is 16.8. The number of hydrogen-bond donors (Lipinski definition) is 0. The van der Waals surface area contributed by atoms with Crippen molar-refractivity contribution in [1.82, 2.24) is 19.6 Å². The Balaban J connectivity index is 1.91. The van der Waals surface area contributed by atoms with Crippen LogP contribution in [0, 0.1) is 0 Å². The van der Waals surface area contributed by atoms with Crippen LogP contribution in [0.1, 0.15) is 41.5 Å².